The molecule has 1 saturated heterocycles. The van der Waals surface area contributed by atoms with Gasteiger partial charge >= 0.3 is 0 Å². The summed E-state index contributed by atoms with van der Waals surface area (Å²) in [6.45, 7) is 5.61. The summed E-state index contributed by atoms with van der Waals surface area (Å²) in [5.41, 5.74) is 3.01. The van der Waals surface area contributed by atoms with Gasteiger partial charge < -0.3 is 4.90 Å². The van der Waals surface area contributed by atoms with Crippen molar-refractivity contribution in [2.24, 2.45) is 0 Å². The van der Waals surface area contributed by atoms with Crippen LogP contribution < -0.4 is 0 Å². The molecule has 2 heterocycles. The Balaban J connectivity index is 1.43. The van der Waals surface area contributed by atoms with E-state index in [0.717, 1.165) is 50.3 Å². The molecule has 6 nitrogen and oxygen atoms in total. The van der Waals surface area contributed by atoms with Gasteiger partial charge in [0.15, 0.2) is 0 Å². The molecule has 0 bridgehead atoms. The topological polar surface area (TPSA) is 54.3 Å². The first-order valence-electron chi connectivity index (χ1n) is 10.3. The summed E-state index contributed by atoms with van der Waals surface area (Å²) in [6, 6.07) is 18.6. The Kier molecular flexibility index (Phi) is 6.00. The van der Waals surface area contributed by atoms with Gasteiger partial charge in [0.05, 0.1) is 0 Å². The molecule has 1 fully saturated rings. The Hall–Kier alpha value is -2.99. The first-order valence-corrected chi connectivity index (χ1v) is 10.3. The molecule has 4 rings (SSSR count). The smallest absolute Gasteiger partial charge is 0.253 e. The lowest BCUT2D eigenvalue weighted by molar-refractivity contribution is 0.0438. The molecule has 1 aliphatic rings. The Morgan fingerprint density at radius 1 is 1.00 bits per heavy atom. The first kappa shape index (κ1) is 19.3. The van der Waals surface area contributed by atoms with Gasteiger partial charge in [-0.1, -0.05) is 43.7 Å². The van der Waals surface area contributed by atoms with Crippen LogP contribution in [0, 0.1) is 0 Å². The van der Waals surface area contributed by atoms with Gasteiger partial charge in [-0.3, -0.25) is 14.3 Å². The number of amides is 1. The third kappa shape index (κ3) is 4.54. The van der Waals surface area contributed by atoms with Crippen molar-refractivity contribution in [2.75, 3.05) is 19.6 Å². The molecule has 0 saturated carbocycles. The van der Waals surface area contributed by atoms with E-state index in [2.05, 4.69) is 52.4 Å². The zero-order valence-corrected chi connectivity index (χ0v) is 16.8. The van der Waals surface area contributed by atoms with Crippen molar-refractivity contribution in [3.05, 3.63) is 78.4 Å². The lowest BCUT2D eigenvalue weighted by Gasteiger charge is -2.41. The van der Waals surface area contributed by atoms with Gasteiger partial charge in [0.25, 0.3) is 5.91 Å². The van der Waals surface area contributed by atoms with E-state index in [1.807, 2.05) is 33.7 Å². The van der Waals surface area contributed by atoms with Gasteiger partial charge in [-0.25, -0.2) is 0 Å². The van der Waals surface area contributed by atoms with Crippen molar-refractivity contribution in [3.63, 3.8) is 0 Å². The van der Waals surface area contributed by atoms with E-state index in [4.69, 9.17) is 0 Å². The first-order chi connectivity index (χ1) is 14.2. The van der Waals surface area contributed by atoms with E-state index >= 15 is 0 Å². The van der Waals surface area contributed by atoms with Gasteiger partial charge in [0.1, 0.15) is 12.7 Å². The van der Waals surface area contributed by atoms with E-state index in [1.54, 1.807) is 12.7 Å². The second kappa shape index (κ2) is 9.01. The summed E-state index contributed by atoms with van der Waals surface area (Å²) in [5.74, 6) is 0.112. The van der Waals surface area contributed by atoms with Crippen LogP contribution in [0.15, 0.2) is 67.3 Å². The van der Waals surface area contributed by atoms with Crippen LogP contribution in [0.2, 0.25) is 0 Å². The Labute approximate surface area is 171 Å². The van der Waals surface area contributed by atoms with E-state index < -0.39 is 0 Å². The largest absolute Gasteiger partial charge is 0.336 e. The number of rotatable bonds is 6. The van der Waals surface area contributed by atoms with Crippen LogP contribution in [0.1, 0.15) is 35.7 Å². The van der Waals surface area contributed by atoms with Crippen molar-refractivity contribution < 1.29 is 4.79 Å². The molecule has 0 spiro atoms. The quantitative estimate of drug-likeness (QED) is 0.648. The summed E-state index contributed by atoms with van der Waals surface area (Å²) < 4.78 is 1.83. The number of carbonyl (C=O) groups is 1. The molecule has 0 aliphatic carbocycles. The molecule has 3 aromatic rings. The second-order valence-electron chi connectivity index (χ2n) is 7.57. The molecule has 1 amide bonds. The summed E-state index contributed by atoms with van der Waals surface area (Å²) in [6.07, 6.45) is 5.52. The molecule has 6 heteroatoms. The normalized spacial score (nSPS) is 17.4. The highest BCUT2D eigenvalue weighted by Crippen LogP contribution is 2.20. The number of hydrogen-bond donors (Lipinski definition) is 0. The molecule has 2 aromatic carbocycles. The highest BCUT2D eigenvalue weighted by molar-refractivity contribution is 5.94. The van der Waals surface area contributed by atoms with Gasteiger partial charge in [-0.2, -0.15) is 0 Å². The third-order valence-corrected chi connectivity index (χ3v) is 5.57. The van der Waals surface area contributed by atoms with E-state index in [1.165, 1.54) is 5.56 Å². The standard InChI is InChI=1S/C23H27N5O/c1-2-6-22-16-27(14-13-26(22)15-19-7-4-3-5-8-19)23(29)20-9-11-21(12-10-20)28-17-24-25-18-28/h3-5,7-12,17-18,22H,2,6,13-16H2,1H3/t22-/m0/s1. The number of benzene rings is 2. The van der Waals surface area contributed by atoms with Crippen LogP contribution in [0.3, 0.4) is 0 Å². The molecule has 1 atom stereocenters. The Morgan fingerprint density at radius 2 is 1.72 bits per heavy atom. The molecule has 0 radical (unpaired) electrons. The van der Waals surface area contributed by atoms with E-state index in [0.29, 0.717) is 6.04 Å². The number of carbonyl (C=O) groups excluding carboxylic acids is 1. The molecular formula is C23H27N5O. The SMILES string of the molecule is CCC[C@H]1CN(C(=O)c2ccc(-n3cnnc3)cc2)CCN1Cc1ccccc1. The van der Waals surface area contributed by atoms with Gasteiger partial charge in [-0.15, -0.1) is 10.2 Å². The van der Waals surface area contributed by atoms with Gasteiger partial charge in [0.2, 0.25) is 0 Å². The minimum absolute atomic E-state index is 0.112. The molecule has 29 heavy (non-hydrogen) atoms. The van der Waals surface area contributed by atoms with E-state index in [-0.39, 0.29) is 5.91 Å². The molecule has 0 N–H and O–H groups in total. The lowest BCUT2D eigenvalue weighted by Crippen LogP contribution is -2.54. The second-order valence-corrected chi connectivity index (χ2v) is 7.57. The maximum atomic E-state index is 13.1. The van der Waals surface area contributed by atoms with Crippen LogP contribution in [-0.4, -0.2) is 56.1 Å². The average molecular weight is 390 g/mol. The zero-order valence-electron chi connectivity index (χ0n) is 16.8. The highest BCUT2D eigenvalue weighted by atomic mass is 16.2. The number of nitrogens with zero attached hydrogens (tertiary/aromatic N) is 5. The van der Waals surface area contributed by atoms with Crippen LogP contribution in [0.25, 0.3) is 5.69 Å². The molecule has 150 valence electrons. The Morgan fingerprint density at radius 3 is 2.41 bits per heavy atom. The highest BCUT2D eigenvalue weighted by Gasteiger charge is 2.29. The van der Waals surface area contributed by atoms with Crippen LogP contribution in [0.4, 0.5) is 0 Å². The molecule has 0 unspecified atom stereocenters. The molecule has 1 aromatic heterocycles. The summed E-state index contributed by atoms with van der Waals surface area (Å²) in [4.78, 5) is 17.6. The predicted molar refractivity (Wildman–Crippen MR) is 113 cm³/mol. The van der Waals surface area contributed by atoms with Crippen molar-refractivity contribution in [1.82, 2.24) is 24.6 Å². The molecular weight excluding hydrogens is 362 g/mol. The van der Waals surface area contributed by atoms with Crippen LogP contribution in [-0.2, 0) is 6.54 Å². The zero-order chi connectivity index (χ0) is 20.1. The predicted octanol–water partition coefficient (Wildman–Crippen LogP) is 3.39. The molecule has 1 aliphatic heterocycles. The third-order valence-electron chi connectivity index (χ3n) is 5.57. The summed E-state index contributed by atoms with van der Waals surface area (Å²) >= 11 is 0. The monoisotopic (exact) mass is 389 g/mol. The fourth-order valence-corrected chi connectivity index (χ4v) is 4.00. The van der Waals surface area contributed by atoms with Crippen LogP contribution in [0.5, 0.6) is 0 Å². The average Bonchev–Trinajstić information content (AvgIpc) is 3.30. The van der Waals surface area contributed by atoms with Gasteiger partial charge in [-0.05, 0) is 36.2 Å². The minimum Gasteiger partial charge on any atom is -0.336 e. The number of piperazine rings is 1. The Bertz CT molecular complexity index is 908. The lowest BCUT2D eigenvalue weighted by atomic mass is 10.0. The van der Waals surface area contributed by atoms with Crippen LogP contribution >= 0.6 is 0 Å². The van der Waals surface area contributed by atoms with Crippen molar-refractivity contribution in [1.29, 1.82) is 0 Å². The van der Waals surface area contributed by atoms with Crippen molar-refractivity contribution in [3.8, 4) is 5.69 Å². The summed E-state index contributed by atoms with van der Waals surface area (Å²) in [5, 5.41) is 7.65. The maximum absolute atomic E-state index is 13.1. The van der Waals surface area contributed by atoms with Crippen molar-refractivity contribution in [2.45, 2.75) is 32.4 Å². The van der Waals surface area contributed by atoms with Crippen molar-refractivity contribution >= 4 is 5.91 Å². The number of hydrogen-bond acceptors (Lipinski definition) is 4. The maximum Gasteiger partial charge on any atom is 0.253 e. The fourth-order valence-electron chi connectivity index (χ4n) is 4.00. The van der Waals surface area contributed by atoms with E-state index in [9.17, 15) is 4.79 Å². The van der Waals surface area contributed by atoms with Gasteiger partial charge in [0, 0.05) is 43.5 Å². The number of aromatic nitrogens is 3. The minimum atomic E-state index is 0.112. The summed E-state index contributed by atoms with van der Waals surface area (Å²) in [7, 11) is 0. The fraction of sp³-hybridized carbons (Fsp3) is 0.348.